The first-order valence-corrected chi connectivity index (χ1v) is 8.11. The molecule has 0 spiro atoms. The summed E-state index contributed by atoms with van der Waals surface area (Å²) in [5.74, 6) is 0.240. The zero-order chi connectivity index (χ0) is 15.6. The smallest absolute Gasteiger partial charge is 0.263 e. The van der Waals surface area contributed by atoms with E-state index in [0.717, 1.165) is 5.56 Å². The molecular weight excluding hydrogens is 330 g/mol. The van der Waals surface area contributed by atoms with Gasteiger partial charge in [-0.3, -0.25) is 4.72 Å². The van der Waals surface area contributed by atoms with E-state index in [1.807, 2.05) is 6.92 Å². The number of nitrogens with one attached hydrogen (secondary N) is 1. The summed E-state index contributed by atoms with van der Waals surface area (Å²) in [4.78, 5) is 4.07. The fourth-order valence-electron chi connectivity index (χ4n) is 1.65. The molecular formula is C13H12ClN3O2S2. The summed E-state index contributed by atoms with van der Waals surface area (Å²) in [6, 6.07) is 7.56. The number of pyridine rings is 1. The van der Waals surface area contributed by atoms with Crippen molar-refractivity contribution in [3.63, 3.8) is 0 Å². The van der Waals surface area contributed by atoms with Crippen molar-refractivity contribution in [1.82, 2.24) is 4.98 Å². The van der Waals surface area contributed by atoms with Crippen LogP contribution >= 0.6 is 23.8 Å². The van der Waals surface area contributed by atoms with Gasteiger partial charge in [0.05, 0.1) is 9.92 Å². The summed E-state index contributed by atoms with van der Waals surface area (Å²) >= 11 is 10.8. The maximum atomic E-state index is 12.3. The van der Waals surface area contributed by atoms with Crippen LogP contribution in [0.4, 0.5) is 5.82 Å². The Kier molecular flexibility index (Phi) is 4.46. The van der Waals surface area contributed by atoms with Crippen LogP contribution in [0.1, 0.15) is 11.1 Å². The number of aromatic nitrogens is 1. The molecule has 1 aromatic heterocycles. The summed E-state index contributed by atoms with van der Waals surface area (Å²) in [7, 11) is -3.78. The predicted molar refractivity (Wildman–Crippen MR) is 87.1 cm³/mol. The quantitative estimate of drug-likeness (QED) is 0.834. The molecule has 1 heterocycles. The molecule has 2 aromatic rings. The number of thiocarbonyl (C=S) groups is 1. The third-order valence-electron chi connectivity index (χ3n) is 2.67. The topological polar surface area (TPSA) is 85.1 Å². The van der Waals surface area contributed by atoms with E-state index in [1.54, 1.807) is 12.1 Å². The number of sulfonamides is 1. The molecule has 2 rings (SSSR count). The zero-order valence-corrected chi connectivity index (χ0v) is 13.4. The molecule has 0 atom stereocenters. The Hall–Kier alpha value is -1.70. The molecule has 3 N–H and O–H groups in total. The third-order valence-corrected chi connectivity index (χ3v) is 4.56. The number of anilines is 1. The molecule has 5 nitrogen and oxygen atoms in total. The first kappa shape index (κ1) is 15.7. The van der Waals surface area contributed by atoms with Crippen LogP contribution in [0.15, 0.2) is 41.4 Å². The molecule has 1 aromatic carbocycles. The van der Waals surface area contributed by atoms with Crippen molar-refractivity contribution in [2.75, 3.05) is 4.72 Å². The highest BCUT2D eigenvalue weighted by molar-refractivity contribution is 7.92. The summed E-state index contributed by atoms with van der Waals surface area (Å²) < 4.78 is 26.9. The van der Waals surface area contributed by atoms with Gasteiger partial charge < -0.3 is 5.73 Å². The van der Waals surface area contributed by atoms with E-state index in [-0.39, 0.29) is 20.7 Å². The van der Waals surface area contributed by atoms with Crippen molar-refractivity contribution < 1.29 is 8.42 Å². The highest BCUT2D eigenvalue weighted by Gasteiger charge is 2.17. The molecule has 0 aliphatic rings. The van der Waals surface area contributed by atoms with E-state index in [4.69, 9.17) is 29.6 Å². The number of hydrogen-bond donors (Lipinski definition) is 2. The number of rotatable bonds is 4. The van der Waals surface area contributed by atoms with E-state index in [9.17, 15) is 8.42 Å². The summed E-state index contributed by atoms with van der Waals surface area (Å²) in [5.41, 5.74) is 6.81. The van der Waals surface area contributed by atoms with Crippen LogP contribution in [0.5, 0.6) is 0 Å². The number of benzene rings is 1. The Morgan fingerprint density at radius 2 is 2.05 bits per heavy atom. The van der Waals surface area contributed by atoms with Crippen molar-refractivity contribution in [1.29, 1.82) is 0 Å². The van der Waals surface area contributed by atoms with Crippen molar-refractivity contribution >= 4 is 44.6 Å². The van der Waals surface area contributed by atoms with E-state index in [2.05, 4.69) is 9.71 Å². The van der Waals surface area contributed by atoms with Crippen molar-refractivity contribution in [2.24, 2.45) is 5.73 Å². The molecule has 0 saturated heterocycles. The van der Waals surface area contributed by atoms with Gasteiger partial charge in [-0.05, 0) is 42.8 Å². The molecule has 8 heteroatoms. The number of halogens is 1. The van der Waals surface area contributed by atoms with Gasteiger partial charge in [0.2, 0.25) is 0 Å². The van der Waals surface area contributed by atoms with Crippen molar-refractivity contribution in [3.05, 3.63) is 52.7 Å². The monoisotopic (exact) mass is 341 g/mol. The SMILES string of the molecule is Cc1ccnc(NS(=O)(=O)c2ccc(C(N)=S)c(Cl)c2)c1. The lowest BCUT2D eigenvalue weighted by Gasteiger charge is -2.09. The summed E-state index contributed by atoms with van der Waals surface area (Å²) in [5, 5.41) is 0.183. The maximum Gasteiger partial charge on any atom is 0.263 e. The molecule has 0 amide bonds. The van der Waals surface area contributed by atoms with Crippen LogP contribution in [0.3, 0.4) is 0 Å². The highest BCUT2D eigenvalue weighted by atomic mass is 35.5. The Morgan fingerprint density at radius 3 is 2.62 bits per heavy atom. The number of nitrogens with two attached hydrogens (primary N) is 1. The predicted octanol–water partition coefficient (Wildman–Crippen LogP) is 2.48. The Balaban J connectivity index is 2.36. The number of aryl methyl sites for hydroxylation is 1. The van der Waals surface area contributed by atoms with Gasteiger partial charge in [-0.2, -0.15) is 0 Å². The molecule has 21 heavy (non-hydrogen) atoms. The van der Waals surface area contributed by atoms with Crippen LogP contribution in [0.2, 0.25) is 5.02 Å². The Labute approximate surface area is 133 Å². The fraction of sp³-hybridized carbons (Fsp3) is 0.0769. The van der Waals surface area contributed by atoms with Gasteiger partial charge in [-0.1, -0.05) is 23.8 Å². The zero-order valence-electron chi connectivity index (χ0n) is 11.0. The van der Waals surface area contributed by atoms with Crippen LogP contribution in [0, 0.1) is 6.92 Å². The van der Waals surface area contributed by atoms with E-state index in [1.165, 1.54) is 24.4 Å². The Morgan fingerprint density at radius 1 is 1.33 bits per heavy atom. The van der Waals surface area contributed by atoms with Gasteiger partial charge >= 0.3 is 0 Å². The minimum Gasteiger partial charge on any atom is -0.389 e. The molecule has 0 bridgehead atoms. The van der Waals surface area contributed by atoms with Crippen LogP contribution in [-0.2, 0) is 10.0 Å². The van der Waals surface area contributed by atoms with Crippen LogP contribution < -0.4 is 10.5 Å². The van der Waals surface area contributed by atoms with Gasteiger partial charge in [-0.15, -0.1) is 0 Å². The second kappa shape index (κ2) is 5.97. The molecule has 0 aliphatic carbocycles. The molecule has 0 saturated carbocycles. The first-order valence-electron chi connectivity index (χ1n) is 5.84. The van der Waals surface area contributed by atoms with Crippen molar-refractivity contribution in [2.45, 2.75) is 11.8 Å². The first-order chi connectivity index (χ1) is 9.79. The average molecular weight is 342 g/mol. The molecule has 0 fully saturated rings. The standard InChI is InChI=1S/C13H12ClN3O2S2/c1-8-4-5-16-12(6-8)17-21(18,19)9-2-3-10(13(15)20)11(14)7-9/h2-7H,1H3,(H2,15,20)(H,16,17). The van der Waals surface area contributed by atoms with E-state index in [0.29, 0.717) is 5.56 Å². The second-order valence-electron chi connectivity index (χ2n) is 4.33. The largest absolute Gasteiger partial charge is 0.389 e. The lowest BCUT2D eigenvalue weighted by molar-refractivity contribution is 0.601. The van der Waals surface area contributed by atoms with Gasteiger partial charge in [0, 0.05) is 11.8 Å². The summed E-state index contributed by atoms with van der Waals surface area (Å²) in [6.45, 7) is 1.84. The molecule has 0 aliphatic heterocycles. The van der Waals surface area contributed by atoms with Crippen LogP contribution in [-0.4, -0.2) is 18.4 Å². The fourth-order valence-corrected chi connectivity index (χ4v) is 3.26. The van der Waals surface area contributed by atoms with E-state index < -0.39 is 10.0 Å². The second-order valence-corrected chi connectivity index (χ2v) is 6.86. The van der Waals surface area contributed by atoms with Crippen molar-refractivity contribution in [3.8, 4) is 0 Å². The summed E-state index contributed by atoms with van der Waals surface area (Å²) in [6.07, 6.45) is 1.52. The number of nitrogens with zero attached hydrogens (tertiary/aromatic N) is 1. The molecule has 0 radical (unpaired) electrons. The third kappa shape index (κ3) is 3.69. The van der Waals surface area contributed by atoms with Gasteiger partial charge in [0.1, 0.15) is 10.8 Å². The minimum atomic E-state index is -3.78. The lowest BCUT2D eigenvalue weighted by atomic mass is 10.2. The van der Waals surface area contributed by atoms with Gasteiger partial charge in [0.25, 0.3) is 10.0 Å². The molecule has 110 valence electrons. The highest BCUT2D eigenvalue weighted by Crippen LogP contribution is 2.22. The Bertz CT molecular complexity index is 807. The van der Waals surface area contributed by atoms with Gasteiger partial charge in [-0.25, -0.2) is 13.4 Å². The number of hydrogen-bond acceptors (Lipinski definition) is 4. The molecule has 0 unspecified atom stereocenters. The lowest BCUT2D eigenvalue weighted by Crippen LogP contribution is -2.15. The normalized spacial score (nSPS) is 11.1. The maximum absolute atomic E-state index is 12.3. The van der Waals surface area contributed by atoms with E-state index >= 15 is 0 Å². The average Bonchev–Trinajstić information content (AvgIpc) is 2.37. The van der Waals surface area contributed by atoms with Crippen LogP contribution in [0.25, 0.3) is 0 Å². The minimum absolute atomic E-state index is 0.0100. The van der Waals surface area contributed by atoms with Gasteiger partial charge in [0.15, 0.2) is 0 Å².